The predicted molar refractivity (Wildman–Crippen MR) is 83.5 cm³/mol. The third kappa shape index (κ3) is 2.93. The van der Waals surface area contributed by atoms with Gasteiger partial charge in [0.05, 0.1) is 5.41 Å². The molecule has 0 amide bonds. The predicted octanol–water partition coefficient (Wildman–Crippen LogP) is 4.46. The summed E-state index contributed by atoms with van der Waals surface area (Å²) in [6.07, 6.45) is 0.529. The van der Waals surface area contributed by atoms with Crippen molar-refractivity contribution in [2.24, 2.45) is 0 Å². The first kappa shape index (κ1) is 14.8. The molecule has 0 fully saturated rings. The summed E-state index contributed by atoms with van der Waals surface area (Å²) in [6, 6.07) is 11.9. The van der Waals surface area contributed by atoms with Gasteiger partial charge in [-0.2, -0.15) is 0 Å². The Hall–Kier alpha value is -1.61. The number of thiophene rings is 1. The van der Waals surface area contributed by atoms with Gasteiger partial charge in [0, 0.05) is 11.3 Å². The normalized spacial score (nSPS) is 14.2. The van der Waals surface area contributed by atoms with Gasteiger partial charge < -0.3 is 5.11 Å². The Morgan fingerprint density at radius 1 is 1.25 bits per heavy atom. The first-order valence-corrected chi connectivity index (χ1v) is 7.67. The average Bonchev–Trinajstić information content (AvgIpc) is 2.91. The molecular weight excluding hydrogens is 268 g/mol. The fraction of sp³-hybridized carbons (Fsp3) is 0.353. The summed E-state index contributed by atoms with van der Waals surface area (Å²) in [7, 11) is 0. The molecule has 2 rings (SSSR count). The van der Waals surface area contributed by atoms with Crippen LogP contribution in [0.15, 0.2) is 41.8 Å². The summed E-state index contributed by atoms with van der Waals surface area (Å²) in [4.78, 5) is 12.9. The minimum atomic E-state index is -0.875. The molecule has 0 saturated carbocycles. The average molecular weight is 288 g/mol. The lowest BCUT2D eigenvalue weighted by Crippen LogP contribution is -2.34. The van der Waals surface area contributed by atoms with E-state index in [2.05, 4.69) is 13.8 Å². The van der Waals surface area contributed by atoms with Crippen LogP contribution in [0.3, 0.4) is 0 Å². The van der Waals surface area contributed by atoms with Crippen LogP contribution in [0, 0.1) is 0 Å². The van der Waals surface area contributed by atoms with E-state index >= 15 is 0 Å². The van der Waals surface area contributed by atoms with E-state index in [1.54, 1.807) is 18.3 Å². The summed E-state index contributed by atoms with van der Waals surface area (Å²) in [5.74, 6) is -0.319. The molecule has 3 heteroatoms. The van der Waals surface area contributed by atoms with Gasteiger partial charge in [0.2, 0.25) is 0 Å². The Morgan fingerprint density at radius 2 is 1.90 bits per heavy atom. The maximum atomic E-state index is 11.8. The lowest BCUT2D eigenvalue weighted by molar-refractivity contribution is -0.143. The van der Waals surface area contributed by atoms with E-state index in [0.29, 0.717) is 12.3 Å². The van der Waals surface area contributed by atoms with Crippen LogP contribution in [0.1, 0.15) is 42.7 Å². The number of hydrogen-bond acceptors (Lipinski definition) is 2. The molecule has 0 saturated heterocycles. The summed E-state index contributed by atoms with van der Waals surface area (Å²) < 4.78 is 0. The van der Waals surface area contributed by atoms with Gasteiger partial charge in [0.1, 0.15) is 0 Å². The molecule has 106 valence electrons. The van der Waals surface area contributed by atoms with Gasteiger partial charge >= 0.3 is 5.97 Å². The highest BCUT2D eigenvalue weighted by Gasteiger charge is 2.35. The molecule has 0 spiro atoms. The van der Waals surface area contributed by atoms with Gasteiger partial charge in [-0.15, -0.1) is 11.3 Å². The molecule has 1 heterocycles. The molecule has 1 unspecified atom stereocenters. The van der Waals surface area contributed by atoms with E-state index in [0.717, 1.165) is 10.4 Å². The van der Waals surface area contributed by atoms with Crippen molar-refractivity contribution in [2.75, 3.05) is 0 Å². The zero-order valence-corrected chi connectivity index (χ0v) is 12.9. The quantitative estimate of drug-likeness (QED) is 0.882. The Morgan fingerprint density at radius 3 is 2.35 bits per heavy atom. The second-order valence-corrected chi connectivity index (χ2v) is 6.70. The smallest absolute Gasteiger partial charge is 0.314 e. The van der Waals surface area contributed by atoms with Crippen LogP contribution >= 0.6 is 11.3 Å². The fourth-order valence-electron chi connectivity index (χ4n) is 2.30. The topological polar surface area (TPSA) is 37.3 Å². The zero-order chi connectivity index (χ0) is 14.8. The number of aliphatic carboxylic acids is 1. The molecule has 0 aliphatic heterocycles. The SMILES string of the molecule is CC(C)c1ccc(C(C)(Cc2cccs2)C(=O)O)cc1. The lowest BCUT2D eigenvalue weighted by Gasteiger charge is -2.25. The molecule has 20 heavy (non-hydrogen) atoms. The molecular formula is C17H20O2S. The van der Waals surface area contributed by atoms with Crippen LogP contribution < -0.4 is 0 Å². The largest absolute Gasteiger partial charge is 0.481 e. The molecule has 0 bridgehead atoms. The minimum absolute atomic E-state index is 0.456. The summed E-state index contributed by atoms with van der Waals surface area (Å²) in [5.41, 5.74) is 1.22. The highest BCUT2D eigenvalue weighted by Crippen LogP contribution is 2.31. The van der Waals surface area contributed by atoms with Crippen molar-refractivity contribution in [3.63, 3.8) is 0 Å². The second kappa shape index (κ2) is 5.80. The van der Waals surface area contributed by atoms with Crippen LogP contribution in [0.5, 0.6) is 0 Å². The van der Waals surface area contributed by atoms with Crippen molar-refractivity contribution in [2.45, 2.75) is 38.5 Å². The van der Waals surface area contributed by atoms with Gasteiger partial charge in [-0.3, -0.25) is 4.79 Å². The van der Waals surface area contributed by atoms with E-state index in [-0.39, 0.29) is 0 Å². The number of carbonyl (C=O) groups is 1. The summed E-state index contributed by atoms with van der Waals surface area (Å²) >= 11 is 1.61. The van der Waals surface area contributed by atoms with E-state index in [9.17, 15) is 9.90 Å². The highest BCUT2D eigenvalue weighted by molar-refractivity contribution is 7.09. The number of hydrogen-bond donors (Lipinski definition) is 1. The third-order valence-electron chi connectivity index (χ3n) is 3.79. The minimum Gasteiger partial charge on any atom is -0.481 e. The van der Waals surface area contributed by atoms with Crippen LogP contribution in [0.2, 0.25) is 0 Å². The van der Waals surface area contributed by atoms with Gasteiger partial charge in [-0.25, -0.2) is 0 Å². The van der Waals surface area contributed by atoms with Gasteiger partial charge in [0.15, 0.2) is 0 Å². The molecule has 1 aromatic carbocycles. The molecule has 1 atom stereocenters. The van der Waals surface area contributed by atoms with E-state index in [1.165, 1.54) is 5.56 Å². The highest BCUT2D eigenvalue weighted by atomic mass is 32.1. The standard InChI is InChI=1S/C17H20O2S/c1-12(2)13-6-8-14(9-7-13)17(3,16(18)19)11-15-5-4-10-20-15/h4-10,12H,11H2,1-3H3,(H,18,19). The van der Waals surface area contributed by atoms with Crippen LogP contribution in [-0.4, -0.2) is 11.1 Å². The molecule has 0 aliphatic carbocycles. The first-order chi connectivity index (χ1) is 9.43. The van der Waals surface area contributed by atoms with Gasteiger partial charge in [-0.1, -0.05) is 44.2 Å². The maximum Gasteiger partial charge on any atom is 0.314 e. The Kier molecular flexibility index (Phi) is 4.29. The third-order valence-corrected chi connectivity index (χ3v) is 4.67. The molecule has 2 nitrogen and oxygen atoms in total. The van der Waals surface area contributed by atoms with Crippen molar-refractivity contribution in [3.8, 4) is 0 Å². The number of rotatable bonds is 5. The van der Waals surface area contributed by atoms with Crippen LogP contribution in [0.25, 0.3) is 0 Å². The van der Waals surface area contributed by atoms with Crippen LogP contribution in [0.4, 0.5) is 0 Å². The van der Waals surface area contributed by atoms with Crippen molar-refractivity contribution < 1.29 is 9.90 Å². The second-order valence-electron chi connectivity index (χ2n) is 5.67. The monoisotopic (exact) mass is 288 g/mol. The molecule has 0 aliphatic rings. The Balaban J connectivity index is 2.34. The number of carboxylic acids is 1. The van der Waals surface area contributed by atoms with Crippen molar-refractivity contribution in [1.29, 1.82) is 0 Å². The first-order valence-electron chi connectivity index (χ1n) is 6.79. The van der Waals surface area contributed by atoms with Gasteiger partial charge in [-0.05, 0) is 35.4 Å². The summed E-state index contributed by atoms with van der Waals surface area (Å²) in [5, 5.41) is 11.7. The molecule has 0 radical (unpaired) electrons. The zero-order valence-electron chi connectivity index (χ0n) is 12.1. The summed E-state index contributed by atoms with van der Waals surface area (Å²) in [6.45, 7) is 6.08. The molecule has 2 aromatic rings. The van der Waals surface area contributed by atoms with Crippen molar-refractivity contribution in [3.05, 3.63) is 57.8 Å². The van der Waals surface area contributed by atoms with Crippen LogP contribution in [-0.2, 0) is 16.6 Å². The van der Waals surface area contributed by atoms with E-state index in [4.69, 9.17) is 0 Å². The number of benzene rings is 1. The van der Waals surface area contributed by atoms with Crippen molar-refractivity contribution >= 4 is 17.3 Å². The Bertz CT molecular complexity index is 570. The fourth-order valence-corrected chi connectivity index (χ4v) is 3.16. The van der Waals surface area contributed by atoms with E-state index < -0.39 is 11.4 Å². The lowest BCUT2D eigenvalue weighted by atomic mass is 9.78. The van der Waals surface area contributed by atoms with Crippen molar-refractivity contribution in [1.82, 2.24) is 0 Å². The molecule has 1 aromatic heterocycles. The molecule has 1 N–H and O–H groups in total. The maximum absolute atomic E-state index is 11.8. The Labute approximate surface area is 124 Å². The number of carboxylic acid groups (broad SMARTS) is 1. The van der Waals surface area contributed by atoms with E-state index in [1.807, 2.05) is 41.8 Å². The van der Waals surface area contributed by atoms with Gasteiger partial charge in [0.25, 0.3) is 0 Å².